The highest BCUT2D eigenvalue weighted by atomic mass is 32.2. The van der Waals surface area contributed by atoms with Gasteiger partial charge in [0.15, 0.2) is 6.61 Å². The summed E-state index contributed by atoms with van der Waals surface area (Å²) in [5.74, 6) is -0.0325. The third-order valence-electron chi connectivity index (χ3n) is 3.56. The first-order valence-electron chi connectivity index (χ1n) is 8.21. The van der Waals surface area contributed by atoms with E-state index in [1.54, 1.807) is 19.1 Å². The van der Waals surface area contributed by atoms with Crippen molar-refractivity contribution in [2.24, 2.45) is 0 Å². The molecule has 0 saturated heterocycles. The molecular formula is C19H19F3O5S. The Morgan fingerprint density at radius 3 is 2.39 bits per heavy atom. The Balaban J connectivity index is 1.80. The molecule has 2 aromatic rings. The van der Waals surface area contributed by atoms with Gasteiger partial charge in [-0.2, -0.15) is 13.2 Å². The number of ether oxygens (including phenoxy) is 2. The number of thioether (sulfide) groups is 1. The Bertz CT molecular complexity index is 793. The first-order chi connectivity index (χ1) is 13.1. The second-order valence-corrected chi connectivity index (χ2v) is 7.00. The maximum atomic E-state index is 12.5. The van der Waals surface area contributed by atoms with Gasteiger partial charge in [-0.15, -0.1) is 11.8 Å². The predicted octanol–water partition coefficient (Wildman–Crippen LogP) is 4.01. The van der Waals surface area contributed by atoms with Crippen molar-refractivity contribution in [1.82, 2.24) is 0 Å². The number of halogens is 3. The number of hydrogen-bond donors (Lipinski definition) is 2. The predicted molar refractivity (Wildman–Crippen MR) is 98.0 cm³/mol. The molecule has 152 valence electrons. The van der Waals surface area contributed by atoms with E-state index in [0.717, 1.165) is 22.6 Å². The van der Waals surface area contributed by atoms with Crippen molar-refractivity contribution in [2.75, 3.05) is 19.0 Å². The number of alkyl halides is 3. The maximum absolute atomic E-state index is 12.5. The van der Waals surface area contributed by atoms with Gasteiger partial charge in [-0.3, -0.25) is 0 Å². The van der Waals surface area contributed by atoms with Gasteiger partial charge in [0.2, 0.25) is 0 Å². The first-order valence-corrected chi connectivity index (χ1v) is 9.20. The molecule has 0 spiro atoms. The van der Waals surface area contributed by atoms with E-state index in [0.29, 0.717) is 11.5 Å². The molecule has 2 N–H and O–H groups in total. The van der Waals surface area contributed by atoms with Crippen LogP contribution in [0.2, 0.25) is 0 Å². The summed E-state index contributed by atoms with van der Waals surface area (Å²) in [6.07, 6.45) is -5.23. The summed E-state index contributed by atoms with van der Waals surface area (Å²) in [6.45, 7) is 1.30. The molecule has 5 nitrogen and oxygen atoms in total. The summed E-state index contributed by atoms with van der Waals surface area (Å²) >= 11 is 1.37. The number of aliphatic hydroxyl groups excluding tert-OH is 1. The Morgan fingerprint density at radius 2 is 1.82 bits per heavy atom. The fourth-order valence-electron chi connectivity index (χ4n) is 2.19. The molecule has 0 fully saturated rings. The molecule has 0 unspecified atom stereocenters. The Morgan fingerprint density at radius 1 is 1.14 bits per heavy atom. The van der Waals surface area contributed by atoms with Crippen LogP contribution in [-0.2, 0) is 11.0 Å². The van der Waals surface area contributed by atoms with Crippen LogP contribution in [0.4, 0.5) is 13.2 Å². The lowest BCUT2D eigenvalue weighted by Crippen LogP contribution is -2.20. The lowest BCUT2D eigenvalue weighted by molar-refractivity contribution is -0.139. The zero-order valence-corrected chi connectivity index (χ0v) is 15.7. The molecule has 0 saturated carbocycles. The summed E-state index contributed by atoms with van der Waals surface area (Å²) in [5.41, 5.74) is 0.00356. The maximum Gasteiger partial charge on any atom is 0.416 e. The first kappa shape index (κ1) is 21.9. The minimum absolute atomic E-state index is 0.0584. The molecule has 9 heteroatoms. The summed E-state index contributed by atoms with van der Waals surface area (Å²) < 4.78 is 48.0. The highest BCUT2D eigenvalue weighted by Crippen LogP contribution is 2.30. The van der Waals surface area contributed by atoms with Crippen molar-refractivity contribution < 1.29 is 37.7 Å². The van der Waals surface area contributed by atoms with Crippen molar-refractivity contribution in [2.45, 2.75) is 24.1 Å². The van der Waals surface area contributed by atoms with Crippen LogP contribution in [0.5, 0.6) is 11.5 Å². The minimum Gasteiger partial charge on any atom is -0.491 e. The van der Waals surface area contributed by atoms with E-state index in [1.165, 1.54) is 23.9 Å². The molecular weight excluding hydrogens is 397 g/mol. The second kappa shape index (κ2) is 9.70. The summed E-state index contributed by atoms with van der Waals surface area (Å²) in [4.78, 5) is 11.4. The lowest BCUT2D eigenvalue weighted by atomic mass is 10.2. The van der Waals surface area contributed by atoms with E-state index in [2.05, 4.69) is 0 Å². The molecule has 0 radical (unpaired) electrons. The van der Waals surface area contributed by atoms with Gasteiger partial charge in [-0.1, -0.05) is 0 Å². The molecule has 0 aliphatic heterocycles. The third-order valence-corrected chi connectivity index (χ3v) is 4.70. The number of rotatable bonds is 9. The Hall–Kier alpha value is -2.39. The molecule has 1 atom stereocenters. The van der Waals surface area contributed by atoms with Crippen molar-refractivity contribution in [3.05, 3.63) is 53.6 Å². The zero-order valence-electron chi connectivity index (χ0n) is 14.9. The van der Waals surface area contributed by atoms with Crippen LogP contribution >= 0.6 is 11.8 Å². The number of benzene rings is 2. The smallest absolute Gasteiger partial charge is 0.416 e. The largest absolute Gasteiger partial charge is 0.491 e. The number of aliphatic hydroxyl groups is 1. The molecule has 28 heavy (non-hydrogen) atoms. The molecule has 0 aliphatic carbocycles. The van der Waals surface area contributed by atoms with E-state index in [1.807, 2.05) is 6.07 Å². The highest BCUT2D eigenvalue weighted by Gasteiger charge is 2.30. The average molecular weight is 416 g/mol. The number of aliphatic carboxylic acids is 1. The monoisotopic (exact) mass is 416 g/mol. The molecule has 0 amide bonds. The fourth-order valence-corrected chi connectivity index (χ4v) is 3.09. The summed E-state index contributed by atoms with van der Waals surface area (Å²) in [6, 6.07) is 9.49. The fraction of sp³-hybridized carbons (Fsp3) is 0.316. The molecule has 0 heterocycles. The quantitative estimate of drug-likeness (QED) is 0.602. The average Bonchev–Trinajstić information content (AvgIpc) is 2.63. The molecule has 0 bridgehead atoms. The lowest BCUT2D eigenvalue weighted by Gasteiger charge is -2.14. The summed E-state index contributed by atoms with van der Waals surface area (Å²) in [5, 5.41) is 18.6. The van der Waals surface area contributed by atoms with Crippen LogP contribution < -0.4 is 9.47 Å². The number of aryl methyl sites for hydroxylation is 1. The van der Waals surface area contributed by atoms with Gasteiger partial charge in [0, 0.05) is 10.6 Å². The van der Waals surface area contributed by atoms with E-state index in [4.69, 9.17) is 14.6 Å². The van der Waals surface area contributed by atoms with Crippen LogP contribution in [-0.4, -0.2) is 41.3 Å². The van der Waals surface area contributed by atoms with Crippen LogP contribution in [0.3, 0.4) is 0 Å². The highest BCUT2D eigenvalue weighted by molar-refractivity contribution is 7.99. The van der Waals surface area contributed by atoms with Crippen LogP contribution in [0.1, 0.15) is 11.1 Å². The van der Waals surface area contributed by atoms with Crippen molar-refractivity contribution in [3.8, 4) is 11.5 Å². The van der Waals surface area contributed by atoms with Crippen LogP contribution in [0.15, 0.2) is 47.4 Å². The van der Waals surface area contributed by atoms with E-state index >= 15 is 0 Å². The second-order valence-electron chi connectivity index (χ2n) is 5.91. The standard InChI is InChI=1S/C19H19F3O5S/c1-12-8-16(6-7-17(12)27-10-18(24)25)28-11-14(23)9-26-15-4-2-13(3-5-15)19(20,21)22/h2-8,14,23H,9-11H2,1H3,(H,24,25)/t14-/m1/s1. The minimum atomic E-state index is -4.40. The van der Waals surface area contributed by atoms with Crippen molar-refractivity contribution in [1.29, 1.82) is 0 Å². The van der Waals surface area contributed by atoms with Gasteiger partial charge < -0.3 is 19.7 Å². The van der Waals surface area contributed by atoms with E-state index < -0.39 is 30.4 Å². The molecule has 2 rings (SSSR count). The Labute approximate surface area is 164 Å². The van der Waals surface area contributed by atoms with Gasteiger partial charge in [-0.25, -0.2) is 4.79 Å². The third kappa shape index (κ3) is 6.97. The van der Waals surface area contributed by atoms with Gasteiger partial charge in [0.25, 0.3) is 0 Å². The number of carboxylic acid groups (broad SMARTS) is 1. The molecule has 2 aromatic carbocycles. The zero-order chi connectivity index (χ0) is 20.7. The van der Waals surface area contributed by atoms with Gasteiger partial charge >= 0.3 is 12.1 Å². The van der Waals surface area contributed by atoms with E-state index in [9.17, 15) is 23.1 Å². The topological polar surface area (TPSA) is 76.0 Å². The number of carbonyl (C=O) groups is 1. The Kier molecular flexibility index (Phi) is 7.59. The number of hydrogen-bond acceptors (Lipinski definition) is 5. The van der Waals surface area contributed by atoms with Gasteiger partial charge in [0.05, 0.1) is 11.7 Å². The molecule has 0 aromatic heterocycles. The SMILES string of the molecule is Cc1cc(SC[C@H](O)COc2ccc(C(F)(F)F)cc2)ccc1OCC(=O)O. The summed E-state index contributed by atoms with van der Waals surface area (Å²) in [7, 11) is 0. The van der Waals surface area contributed by atoms with E-state index in [-0.39, 0.29) is 12.4 Å². The number of carboxylic acids is 1. The van der Waals surface area contributed by atoms with Gasteiger partial charge in [-0.05, 0) is 55.0 Å². The van der Waals surface area contributed by atoms with Crippen molar-refractivity contribution >= 4 is 17.7 Å². The molecule has 0 aliphatic rings. The van der Waals surface area contributed by atoms with Crippen molar-refractivity contribution in [3.63, 3.8) is 0 Å². The van der Waals surface area contributed by atoms with Crippen LogP contribution in [0.25, 0.3) is 0 Å². The van der Waals surface area contributed by atoms with Gasteiger partial charge in [0.1, 0.15) is 18.1 Å². The normalized spacial score (nSPS) is 12.5. The van der Waals surface area contributed by atoms with Crippen LogP contribution in [0, 0.1) is 6.92 Å².